The van der Waals surface area contributed by atoms with Gasteiger partial charge in [-0.15, -0.1) is 5.10 Å². The number of piperazine rings is 1. The Bertz CT molecular complexity index is 1210. The first kappa shape index (κ1) is 23.0. The number of anilines is 3. The van der Waals surface area contributed by atoms with Crippen LogP contribution in [0.15, 0.2) is 48.5 Å². The van der Waals surface area contributed by atoms with Gasteiger partial charge in [-0.1, -0.05) is 12.1 Å². The predicted octanol–water partition coefficient (Wildman–Crippen LogP) is 4.27. The summed E-state index contributed by atoms with van der Waals surface area (Å²) in [7, 11) is 0. The van der Waals surface area contributed by atoms with Gasteiger partial charge in [-0.25, -0.2) is 0 Å². The van der Waals surface area contributed by atoms with Crippen LogP contribution in [0.3, 0.4) is 0 Å². The van der Waals surface area contributed by atoms with Crippen LogP contribution in [-0.2, 0) is 0 Å². The van der Waals surface area contributed by atoms with Gasteiger partial charge in [0.1, 0.15) is 0 Å². The van der Waals surface area contributed by atoms with E-state index in [-0.39, 0.29) is 0 Å². The summed E-state index contributed by atoms with van der Waals surface area (Å²) in [5, 5.41) is 16.8. The molecule has 0 radical (unpaired) electrons. The van der Waals surface area contributed by atoms with Crippen molar-refractivity contribution in [3.8, 4) is 11.8 Å². The largest absolute Gasteiger partial charge is 0.368 e. The van der Waals surface area contributed by atoms with Gasteiger partial charge >= 0.3 is 0 Å². The quantitative estimate of drug-likeness (QED) is 0.541. The molecule has 0 spiro atoms. The van der Waals surface area contributed by atoms with Gasteiger partial charge in [0.15, 0.2) is 0 Å². The lowest BCUT2D eigenvalue weighted by Gasteiger charge is -2.42. The molecule has 0 unspecified atom stereocenters. The maximum absolute atomic E-state index is 8.99. The molecule has 3 fully saturated rings. The van der Waals surface area contributed by atoms with Crippen LogP contribution >= 0.6 is 0 Å². The molecule has 3 N–H and O–H groups in total. The van der Waals surface area contributed by atoms with Crippen LogP contribution in [0.4, 0.5) is 17.6 Å². The van der Waals surface area contributed by atoms with E-state index in [1.165, 1.54) is 70.3 Å². The highest BCUT2D eigenvalue weighted by molar-refractivity contribution is 5.55. The molecule has 2 saturated carbocycles. The molecule has 3 aromatic rings. The summed E-state index contributed by atoms with van der Waals surface area (Å²) >= 11 is 0. The lowest BCUT2D eigenvalue weighted by atomic mass is 9.81. The molecule has 8 heteroatoms. The Morgan fingerprint density at radius 1 is 0.806 bits per heavy atom. The van der Waals surface area contributed by atoms with Crippen molar-refractivity contribution in [2.24, 2.45) is 0 Å². The van der Waals surface area contributed by atoms with Gasteiger partial charge in [0.05, 0.1) is 17.3 Å². The molecular formula is C28H34N8. The Balaban J connectivity index is 1.03. The van der Waals surface area contributed by atoms with Crippen LogP contribution in [0, 0.1) is 11.3 Å². The summed E-state index contributed by atoms with van der Waals surface area (Å²) in [5.74, 6) is 1.39. The number of nitrogen functional groups attached to an aromatic ring is 1. The van der Waals surface area contributed by atoms with Crippen LogP contribution in [0.1, 0.15) is 55.6 Å². The molecule has 186 valence electrons. The van der Waals surface area contributed by atoms with Gasteiger partial charge in [-0.3, -0.25) is 9.80 Å². The third-order valence-corrected chi connectivity index (χ3v) is 8.14. The van der Waals surface area contributed by atoms with E-state index in [1.54, 1.807) is 16.8 Å². The minimum Gasteiger partial charge on any atom is -0.368 e. The Morgan fingerprint density at radius 3 is 1.94 bits per heavy atom. The topological polar surface area (TPSA) is 99.0 Å². The fraction of sp³-hybridized carbons (Fsp3) is 0.464. The highest BCUT2D eigenvalue weighted by atomic mass is 15.4. The van der Waals surface area contributed by atoms with E-state index < -0.39 is 0 Å². The summed E-state index contributed by atoms with van der Waals surface area (Å²) in [5.41, 5.74) is 9.81. The molecule has 8 nitrogen and oxygen atoms in total. The zero-order valence-corrected chi connectivity index (χ0v) is 20.7. The molecule has 2 aromatic carbocycles. The molecule has 2 aliphatic carbocycles. The van der Waals surface area contributed by atoms with Crippen molar-refractivity contribution >= 4 is 17.6 Å². The Hall–Kier alpha value is -3.41. The van der Waals surface area contributed by atoms with Crippen molar-refractivity contribution in [3.63, 3.8) is 0 Å². The van der Waals surface area contributed by atoms with E-state index in [0.29, 0.717) is 23.4 Å². The summed E-state index contributed by atoms with van der Waals surface area (Å²) in [6, 6.07) is 19.6. The van der Waals surface area contributed by atoms with Crippen molar-refractivity contribution in [3.05, 3.63) is 59.7 Å². The first-order valence-electron chi connectivity index (χ1n) is 13.2. The number of nitrogens with two attached hydrogens (primary N) is 1. The standard InChI is InChI=1S/C28H34N8/c29-19-20-1-9-26(10-2-20)36-27(30)32-28(33-36)31-23-7-3-21(4-8-23)22-5-11-24(12-6-22)34-15-17-35(18-16-34)25-13-14-25/h1-4,7-10,22,24-25H,5-6,11-18H2,(H3,30,31,32,33)/t22-,24-. The van der Waals surface area contributed by atoms with Gasteiger partial charge in [0, 0.05) is 44.0 Å². The fourth-order valence-electron chi connectivity index (χ4n) is 5.89. The highest BCUT2D eigenvalue weighted by Crippen LogP contribution is 2.36. The maximum Gasteiger partial charge on any atom is 0.248 e. The van der Waals surface area contributed by atoms with Crippen molar-refractivity contribution < 1.29 is 0 Å². The molecule has 0 amide bonds. The van der Waals surface area contributed by atoms with E-state index in [9.17, 15) is 0 Å². The highest BCUT2D eigenvalue weighted by Gasteiger charge is 2.34. The number of nitrogens with one attached hydrogen (secondary N) is 1. The number of hydrogen-bond donors (Lipinski definition) is 2. The van der Waals surface area contributed by atoms with Gasteiger partial charge in [0.2, 0.25) is 11.9 Å². The molecule has 1 saturated heterocycles. The van der Waals surface area contributed by atoms with E-state index in [0.717, 1.165) is 23.5 Å². The summed E-state index contributed by atoms with van der Waals surface area (Å²) in [6.07, 6.45) is 8.01. The molecule has 1 aromatic heterocycles. The number of nitriles is 1. The molecule has 2 heterocycles. The minimum absolute atomic E-state index is 0.296. The van der Waals surface area contributed by atoms with Gasteiger partial charge in [0.25, 0.3) is 0 Å². The normalized spacial score (nSPS) is 23.3. The molecule has 3 aliphatic rings. The first-order chi connectivity index (χ1) is 17.7. The molecule has 0 bridgehead atoms. The van der Waals surface area contributed by atoms with Gasteiger partial charge in [-0.05, 0) is 86.4 Å². The second-order valence-electron chi connectivity index (χ2n) is 10.4. The predicted molar refractivity (Wildman–Crippen MR) is 141 cm³/mol. The second-order valence-corrected chi connectivity index (χ2v) is 10.4. The van der Waals surface area contributed by atoms with Crippen molar-refractivity contribution in [1.29, 1.82) is 5.26 Å². The van der Waals surface area contributed by atoms with E-state index >= 15 is 0 Å². The zero-order valence-electron chi connectivity index (χ0n) is 20.7. The number of hydrogen-bond acceptors (Lipinski definition) is 7. The second kappa shape index (κ2) is 9.92. The molecule has 1 aliphatic heterocycles. The van der Waals surface area contributed by atoms with Crippen LogP contribution < -0.4 is 11.1 Å². The Labute approximate surface area is 212 Å². The fourth-order valence-corrected chi connectivity index (χ4v) is 5.89. The summed E-state index contributed by atoms with van der Waals surface area (Å²) < 4.78 is 1.57. The van der Waals surface area contributed by atoms with Gasteiger partial charge < -0.3 is 11.1 Å². The average Bonchev–Trinajstić information content (AvgIpc) is 3.72. The molecule has 0 atom stereocenters. The van der Waals surface area contributed by atoms with Crippen LogP contribution in [0.2, 0.25) is 0 Å². The average molecular weight is 483 g/mol. The van der Waals surface area contributed by atoms with Crippen molar-refractivity contribution in [1.82, 2.24) is 24.6 Å². The summed E-state index contributed by atoms with van der Waals surface area (Å²) in [6.45, 7) is 5.05. The smallest absolute Gasteiger partial charge is 0.248 e. The minimum atomic E-state index is 0.296. The lowest BCUT2D eigenvalue weighted by Crippen LogP contribution is -2.51. The Kier molecular flexibility index (Phi) is 6.34. The van der Waals surface area contributed by atoms with Crippen molar-refractivity contribution in [2.45, 2.75) is 56.5 Å². The first-order valence-corrected chi connectivity index (χ1v) is 13.2. The third kappa shape index (κ3) is 4.95. The number of nitrogens with zero attached hydrogens (tertiary/aromatic N) is 6. The molecule has 36 heavy (non-hydrogen) atoms. The van der Waals surface area contributed by atoms with Crippen LogP contribution in [0.25, 0.3) is 5.69 Å². The lowest BCUT2D eigenvalue weighted by molar-refractivity contribution is 0.0724. The molecular weight excluding hydrogens is 448 g/mol. The number of aromatic nitrogens is 3. The number of benzene rings is 2. The monoisotopic (exact) mass is 482 g/mol. The number of rotatable bonds is 6. The van der Waals surface area contributed by atoms with E-state index in [4.69, 9.17) is 11.0 Å². The van der Waals surface area contributed by atoms with Crippen LogP contribution in [0.5, 0.6) is 0 Å². The zero-order chi connectivity index (χ0) is 24.5. The SMILES string of the molecule is N#Cc1ccc(-n2nc(Nc3ccc([C@H]4CC[C@H](N5CCN(C6CC6)CC5)CC4)cc3)nc2N)cc1. The van der Waals surface area contributed by atoms with Gasteiger partial charge in [-0.2, -0.15) is 14.9 Å². The molecule has 6 rings (SSSR count). The third-order valence-electron chi connectivity index (χ3n) is 8.14. The summed E-state index contributed by atoms with van der Waals surface area (Å²) in [4.78, 5) is 9.82. The van der Waals surface area contributed by atoms with Crippen molar-refractivity contribution in [2.75, 3.05) is 37.2 Å². The Morgan fingerprint density at radius 2 is 1.39 bits per heavy atom. The maximum atomic E-state index is 8.99. The van der Waals surface area contributed by atoms with Crippen LogP contribution in [-0.4, -0.2) is 62.8 Å². The van der Waals surface area contributed by atoms with E-state index in [1.807, 2.05) is 12.1 Å². The van der Waals surface area contributed by atoms with E-state index in [2.05, 4.69) is 55.5 Å².